The second-order valence-electron chi connectivity index (χ2n) is 5.74. The molecule has 106 valence electrons. The Bertz CT molecular complexity index is 391. The Hall–Kier alpha value is -1.02. The summed E-state index contributed by atoms with van der Waals surface area (Å²) < 4.78 is 6.27. The number of hydrogen-bond donors (Lipinski definition) is 1. The van der Waals surface area contributed by atoms with Crippen LogP contribution in [0.3, 0.4) is 0 Å². The van der Waals surface area contributed by atoms with Crippen molar-refractivity contribution in [3.8, 4) is 5.75 Å². The number of benzene rings is 1. The third-order valence-corrected chi connectivity index (χ3v) is 4.11. The Morgan fingerprint density at radius 3 is 2.84 bits per heavy atom. The van der Waals surface area contributed by atoms with E-state index in [-0.39, 0.29) is 0 Å². The van der Waals surface area contributed by atoms with Gasteiger partial charge in [-0.05, 0) is 55.8 Å². The maximum absolute atomic E-state index is 6.27. The van der Waals surface area contributed by atoms with Crippen molar-refractivity contribution in [2.75, 3.05) is 6.54 Å². The first-order valence-corrected chi connectivity index (χ1v) is 7.71. The quantitative estimate of drug-likeness (QED) is 0.870. The standard InChI is InChI=1S/C17H27NO/c1-4-14-7-6-8-15(12-14)19-17-11-13(3)9-10-16(17)18-5-2/h6-8,12-13,16-18H,4-5,9-11H2,1-3H3. The highest BCUT2D eigenvalue weighted by Gasteiger charge is 2.29. The molecular formula is C17H27NO. The first-order valence-electron chi connectivity index (χ1n) is 7.71. The van der Waals surface area contributed by atoms with E-state index in [0.717, 1.165) is 31.1 Å². The van der Waals surface area contributed by atoms with E-state index in [2.05, 4.69) is 50.4 Å². The molecule has 0 radical (unpaired) electrons. The molecule has 1 N–H and O–H groups in total. The Labute approximate surface area is 117 Å². The monoisotopic (exact) mass is 261 g/mol. The molecule has 0 saturated heterocycles. The van der Waals surface area contributed by atoms with Gasteiger partial charge in [0.1, 0.15) is 11.9 Å². The molecule has 1 aliphatic rings. The van der Waals surface area contributed by atoms with Crippen LogP contribution < -0.4 is 10.1 Å². The van der Waals surface area contributed by atoms with Gasteiger partial charge in [0.15, 0.2) is 0 Å². The minimum absolute atomic E-state index is 0.316. The lowest BCUT2D eigenvalue weighted by Crippen LogP contribution is -2.46. The highest BCUT2D eigenvalue weighted by molar-refractivity contribution is 5.28. The SMILES string of the molecule is CCNC1CCC(C)CC1Oc1cccc(CC)c1. The lowest BCUT2D eigenvalue weighted by molar-refractivity contribution is 0.0916. The van der Waals surface area contributed by atoms with E-state index >= 15 is 0 Å². The van der Waals surface area contributed by atoms with Crippen LogP contribution in [0.2, 0.25) is 0 Å². The molecular weight excluding hydrogens is 234 g/mol. The fourth-order valence-corrected chi connectivity index (χ4v) is 2.97. The van der Waals surface area contributed by atoms with Gasteiger partial charge >= 0.3 is 0 Å². The highest BCUT2D eigenvalue weighted by Crippen LogP contribution is 2.28. The lowest BCUT2D eigenvalue weighted by Gasteiger charge is -2.35. The number of hydrogen-bond acceptors (Lipinski definition) is 2. The van der Waals surface area contributed by atoms with Crippen molar-refractivity contribution < 1.29 is 4.74 Å². The zero-order chi connectivity index (χ0) is 13.7. The molecule has 1 aliphatic carbocycles. The molecule has 0 aromatic heterocycles. The van der Waals surface area contributed by atoms with Gasteiger partial charge in [0.05, 0.1) is 0 Å². The van der Waals surface area contributed by atoms with Gasteiger partial charge in [-0.2, -0.15) is 0 Å². The highest BCUT2D eigenvalue weighted by atomic mass is 16.5. The van der Waals surface area contributed by atoms with Crippen molar-refractivity contribution in [3.63, 3.8) is 0 Å². The second-order valence-corrected chi connectivity index (χ2v) is 5.74. The maximum Gasteiger partial charge on any atom is 0.120 e. The average molecular weight is 261 g/mol. The van der Waals surface area contributed by atoms with Crippen LogP contribution in [-0.2, 0) is 6.42 Å². The molecule has 3 atom stereocenters. The third kappa shape index (κ3) is 3.97. The van der Waals surface area contributed by atoms with E-state index in [9.17, 15) is 0 Å². The molecule has 0 bridgehead atoms. The number of likely N-dealkylation sites (N-methyl/N-ethyl adjacent to an activating group) is 1. The molecule has 0 amide bonds. The minimum atomic E-state index is 0.316. The first-order chi connectivity index (χ1) is 9.22. The van der Waals surface area contributed by atoms with Gasteiger partial charge in [-0.1, -0.05) is 32.9 Å². The third-order valence-electron chi connectivity index (χ3n) is 4.11. The summed E-state index contributed by atoms with van der Waals surface area (Å²) in [6.07, 6.45) is 5.08. The predicted molar refractivity (Wildman–Crippen MR) is 80.7 cm³/mol. The van der Waals surface area contributed by atoms with Crippen LogP contribution in [0.15, 0.2) is 24.3 Å². The van der Waals surface area contributed by atoms with E-state index in [1.807, 2.05) is 0 Å². The zero-order valence-electron chi connectivity index (χ0n) is 12.5. The van der Waals surface area contributed by atoms with E-state index < -0.39 is 0 Å². The van der Waals surface area contributed by atoms with Crippen molar-refractivity contribution in [2.45, 2.75) is 58.6 Å². The number of ether oxygens (including phenoxy) is 1. The summed E-state index contributed by atoms with van der Waals surface area (Å²) in [6, 6.07) is 9.04. The summed E-state index contributed by atoms with van der Waals surface area (Å²) in [5.41, 5.74) is 1.35. The maximum atomic E-state index is 6.27. The van der Waals surface area contributed by atoms with Crippen LogP contribution in [-0.4, -0.2) is 18.7 Å². The van der Waals surface area contributed by atoms with Gasteiger partial charge in [0.25, 0.3) is 0 Å². The summed E-state index contributed by atoms with van der Waals surface area (Å²) in [7, 11) is 0. The largest absolute Gasteiger partial charge is 0.489 e. The van der Waals surface area contributed by atoms with Gasteiger partial charge < -0.3 is 10.1 Å². The number of aryl methyl sites for hydroxylation is 1. The second kappa shape index (κ2) is 6.95. The van der Waals surface area contributed by atoms with Crippen LogP contribution in [0.4, 0.5) is 0 Å². The Morgan fingerprint density at radius 1 is 1.26 bits per heavy atom. The molecule has 1 fully saturated rings. The summed E-state index contributed by atoms with van der Waals surface area (Å²) in [5, 5.41) is 3.58. The van der Waals surface area contributed by atoms with Gasteiger partial charge in [-0.15, -0.1) is 0 Å². The van der Waals surface area contributed by atoms with Crippen molar-refractivity contribution in [1.82, 2.24) is 5.32 Å². The molecule has 1 aromatic carbocycles. The lowest BCUT2D eigenvalue weighted by atomic mass is 9.85. The molecule has 0 heterocycles. The van der Waals surface area contributed by atoms with Gasteiger partial charge in [0, 0.05) is 6.04 Å². The van der Waals surface area contributed by atoms with Gasteiger partial charge in [-0.25, -0.2) is 0 Å². The van der Waals surface area contributed by atoms with Crippen LogP contribution in [0, 0.1) is 5.92 Å². The van der Waals surface area contributed by atoms with Crippen LogP contribution in [0.1, 0.15) is 45.6 Å². The van der Waals surface area contributed by atoms with Crippen LogP contribution in [0.5, 0.6) is 5.75 Å². The Kier molecular flexibility index (Phi) is 5.26. The normalized spacial score (nSPS) is 27.2. The Balaban J connectivity index is 2.04. The molecule has 3 unspecified atom stereocenters. The van der Waals surface area contributed by atoms with Crippen molar-refractivity contribution >= 4 is 0 Å². The molecule has 0 aliphatic heterocycles. The van der Waals surface area contributed by atoms with Crippen LogP contribution in [0.25, 0.3) is 0 Å². The Morgan fingerprint density at radius 2 is 2.11 bits per heavy atom. The summed E-state index contributed by atoms with van der Waals surface area (Å²) in [5.74, 6) is 1.80. The van der Waals surface area contributed by atoms with Crippen LogP contribution >= 0.6 is 0 Å². The molecule has 1 saturated carbocycles. The molecule has 19 heavy (non-hydrogen) atoms. The van der Waals surface area contributed by atoms with E-state index in [0.29, 0.717) is 12.1 Å². The van der Waals surface area contributed by atoms with Crippen molar-refractivity contribution in [2.24, 2.45) is 5.92 Å². The number of rotatable bonds is 5. The molecule has 2 nitrogen and oxygen atoms in total. The van der Waals surface area contributed by atoms with Gasteiger partial charge in [0.2, 0.25) is 0 Å². The van der Waals surface area contributed by atoms with Gasteiger partial charge in [-0.3, -0.25) is 0 Å². The summed E-state index contributed by atoms with van der Waals surface area (Å²) >= 11 is 0. The smallest absolute Gasteiger partial charge is 0.120 e. The molecule has 0 spiro atoms. The van der Waals surface area contributed by atoms with E-state index in [4.69, 9.17) is 4.74 Å². The molecule has 2 rings (SSSR count). The molecule has 1 aromatic rings. The fourth-order valence-electron chi connectivity index (χ4n) is 2.97. The van der Waals surface area contributed by atoms with Crippen molar-refractivity contribution in [3.05, 3.63) is 29.8 Å². The topological polar surface area (TPSA) is 21.3 Å². The molecule has 2 heteroatoms. The predicted octanol–water partition coefficient (Wildman–Crippen LogP) is 3.79. The fraction of sp³-hybridized carbons (Fsp3) is 0.647. The van der Waals surface area contributed by atoms with E-state index in [1.165, 1.54) is 18.4 Å². The average Bonchev–Trinajstić information content (AvgIpc) is 2.42. The first kappa shape index (κ1) is 14.4. The van der Waals surface area contributed by atoms with Crippen molar-refractivity contribution in [1.29, 1.82) is 0 Å². The van der Waals surface area contributed by atoms with E-state index in [1.54, 1.807) is 0 Å². The summed E-state index contributed by atoms with van der Waals surface area (Å²) in [6.45, 7) is 7.71. The number of nitrogens with one attached hydrogen (secondary N) is 1. The summed E-state index contributed by atoms with van der Waals surface area (Å²) in [4.78, 5) is 0. The minimum Gasteiger partial charge on any atom is -0.489 e. The zero-order valence-corrected chi connectivity index (χ0v) is 12.5.